The van der Waals surface area contributed by atoms with Crippen molar-refractivity contribution in [2.45, 2.75) is 0 Å². The molecule has 140 valence electrons. The topological polar surface area (TPSA) is 64.5 Å². The first-order valence-corrected chi connectivity index (χ1v) is 9.67. The van der Waals surface area contributed by atoms with Crippen molar-refractivity contribution in [1.29, 1.82) is 0 Å². The van der Waals surface area contributed by atoms with Gasteiger partial charge in [0.15, 0.2) is 0 Å². The molecule has 0 saturated carbocycles. The molecular weight excluding hydrogens is 370 g/mol. The van der Waals surface area contributed by atoms with Crippen LogP contribution in [-0.4, -0.2) is 24.9 Å². The number of nitrogens with zero attached hydrogens (tertiary/aromatic N) is 5. The van der Waals surface area contributed by atoms with Crippen LogP contribution in [0.3, 0.4) is 0 Å². The summed E-state index contributed by atoms with van der Waals surface area (Å²) in [7, 11) is 0. The summed E-state index contributed by atoms with van der Waals surface area (Å²) in [5.41, 5.74) is 4.84. The molecule has 30 heavy (non-hydrogen) atoms. The predicted molar refractivity (Wildman–Crippen MR) is 119 cm³/mol. The number of hydrogen-bond acceptors (Lipinski definition) is 5. The molecular formula is C25H15N5. The zero-order valence-corrected chi connectivity index (χ0v) is 15.9. The van der Waals surface area contributed by atoms with Gasteiger partial charge >= 0.3 is 0 Å². The average Bonchev–Trinajstić information content (AvgIpc) is 2.83. The van der Waals surface area contributed by atoms with Crippen molar-refractivity contribution < 1.29 is 0 Å². The van der Waals surface area contributed by atoms with E-state index in [1.165, 1.54) is 0 Å². The normalized spacial score (nSPS) is 11.3. The molecule has 0 fully saturated rings. The summed E-state index contributed by atoms with van der Waals surface area (Å²) < 4.78 is 0. The molecule has 6 aromatic rings. The lowest BCUT2D eigenvalue weighted by atomic mass is 9.88. The Kier molecular flexibility index (Phi) is 3.71. The first kappa shape index (κ1) is 16.7. The lowest BCUT2D eigenvalue weighted by Crippen LogP contribution is -1.95. The van der Waals surface area contributed by atoms with Crippen molar-refractivity contribution in [3.8, 4) is 22.5 Å². The molecule has 0 aliphatic heterocycles. The average molecular weight is 385 g/mol. The van der Waals surface area contributed by atoms with Crippen LogP contribution in [0.5, 0.6) is 0 Å². The lowest BCUT2D eigenvalue weighted by Gasteiger charge is -2.17. The van der Waals surface area contributed by atoms with E-state index in [4.69, 9.17) is 4.98 Å². The van der Waals surface area contributed by atoms with Gasteiger partial charge < -0.3 is 0 Å². The van der Waals surface area contributed by atoms with Gasteiger partial charge in [-0.1, -0.05) is 42.5 Å². The molecule has 0 atom stereocenters. The molecule has 5 heteroatoms. The van der Waals surface area contributed by atoms with E-state index in [1.807, 2.05) is 36.5 Å². The molecule has 0 aliphatic carbocycles. The molecule has 0 saturated heterocycles. The number of para-hydroxylation sites is 1. The second-order valence-electron chi connectivity index (χ2n) is 7.05. The summed E-state index contributed by atoms with van der Waals surface area (Å²) in [6.45, 7) is 0. The van der Waals surface area contributed by atoms with Gasteiger partial charge in [-0.25, -0.2) is 19.9 Å². The summed E-state index contributed by atoms with van der Waals surface area (Å²) in [4.78, 5) is 22.1. The Morgan fingerprint density at radius 2 is 1.10 bits per heavy atom. The molecule has 3 heterocycles. The van der Waals surface area contributed by atoms with Crippen molar-refractivity contribution in [3.05, 3.63) is 91.9 Å². The number of aromatic nitrogens is 5. The fourth-order valence-corrected chi connectivity index (χ4v) is 4.22. The van der Waals surface area contributed by atoms with E-state index in [-0.39, 0.29) is 0 Å². The van der Waals surface area contributed by atoms with E-state index in [2.05, 4.69) is 50.3 Å². The van der Waals surface area contributed by atoms with E-state index in [0.29, 0.717) is 0 Å². The first-order chi connectivity index (χ1) is 14.9. The Balaban J connectivity index is 1.93. The number of benzene rings is 3. The molecule has 0 amide bonds. The van der Waals surface area contributed by atoms with Gasteiger partial charge in [0.05, 0.1) is 16.9 Å². The molecule has 5 nitrogen and oxygen atoms in total. The highest BCUT2D eigenvalue weighted by molar-refractivity contribution is 6.26. The molecule has 6 rings (SSSR count). The first-order valence-electron chi connectivity index (χ1n) is 9.67. The van der Waals surface area contributed by atoms with Crippen molar-refractivity contribution >= 4 is 32.4 Å². The summed E-state index contributed by atoms with van der Waals surface area (Å²) in [6, 6.07) is 20.5. The van der Waals surface area contributed by atoms with Crippen molar-refractivity contribution in [3.63, 3.8) is 0 Å². The molecule has 0 spiro atoms. The maximum atomic E-state index is 4.76. The largest absolute Gasteiger partial charge is 0.256 e. The monoisotopic (exact) mass is 385 g/mol. The molecule has 0 bridgehead atoms. The summed E-state index contributed by atoms with van der Waals surface area (Å²) in [6.07, 6.45) is 8.69. The van der Waals surface area contributed by atoms with E-state index in [1.54, 1.807) is 25.0 Å². The highest BCUT2D eigenvalue weighted by Gasteiger charge is 2.19. The summed E-state index contributed by atoms with van der Waals surface area (Å²) in [5.74, 6) is 0. The molecule has 3 aromatic carbocycles. The Hall–Kier alpha value is -4.25. The Bertz CT molecular complexity index is 1530. The second-order valence-corrected chi connectivity index (χ2v) is 7.05. The third kappa shape index (κ3) is 2.46. The van der Waals surface area contributed by atoms with Crippen LogP contribution in [-0.2, 0) is 0 Å². The third-order valence-electron chi connectivity index (χ3n) is 5.44. The predicted octanol–water partition coefficient (Wildman–Crippen LogP) is 5.46. The number of pyridine rings is 1. The van der Waals surface area contributed by atoms with E-state index >= 15 is 0 Å². The van der Waals surface area contributed by atoms with E-state index in [0.717, 1.165) is 55.0 Å². The molecule has 0 radical (unpaired) electrons. The van der Waals surface area contributed by atoms with Crippen LogP contribution in [0.2, 0.25) is 0 Å². The smallest absolute Gasteiger partial charge is 0.116 e. The minimum atomic E-state index is 0.873. The summed E-state index contributed by atoms with van der Waals surface area (Å²) >= 11 is 0. The van der Waals surface area contributed by atoms with E-state index in [9.17, 15) is 0 Å². The Morgan fingerprint density at radius 1 is 0.500 bits per heavy atom. The maximum Gasteiger partial charge on any atom is 0.116 e. The van der Waals surface area contributed by atoms with Gasteiger partial charge in [-0.15, -0.1) is 0 Å². The molecule has 3 aromatic heterocycles. The summed E-state index contributed by atoms with van der Waals surface area (Å²) in [5, 5.41) is 5.47. The molecule has 0 unspecified atom stereocenters. The van der Waals surface area contributed by atoms with Crippen molar-refractivity contribution in [1.82, 2.24) is 24.9 Å². The highest BCUT2D eigenvalue weighted by Crippen LogP contribution is 2.44. The second kappa shape index (κ2) is 6.67. The minimum Gasteiger partial charge on any atom is -0.256 e. The van der Waals surface area contributed by atoms with Gasteiger partial charge in [0, 0.05) is 45.9 Å². The Labute approximate surface area is 172 Å². The third-order valence-corrected chi connectivity index (χ3v) is 5.44. The van der Waals surface area contributed by atoms with Crippen LogP contribution in [0.15, 0.2) is 91.9 Å². The van der Waals surface area contributed by atoms with Crippen LogP contribution < -0.4 is 0 Å². The van der Waals surface area contributed by atoms with Gasteiger partial charge in [0.25, 0.3) is 0 Å². The fourth-order valence-electron chi connectivity index (χ4n) is 4.22. The van der Waals surface area contributed by atoms with Crippen molar-refractivity contribution in [2.24, 2.45) is 0 Å². The van der Waals surface area contributed by atoms with Crippen LogP contribution in [0.4, 0.5) is 0 Å². The van der Waals surface area contributed by atoms with Crippen LogP contribution in [0.25, 0.3) is 55.0 Å². The zero-order chi connectivity index (χ0) is 19.9. The minimum absolute atomic E-state index is 0.873. The van der Waals surface area contributed by atoms with Gasteiger partial charge in [0.2, 0.25) is 0 Å². The van der Waals surface area contributed by atoms with Gasteiger partial charge in [-0.3, -0.25) is 4.98 Å². The van der Waals surface area contributed by atoms with E-state index < -0.39 is 0 Å². The standard InChI is InChI=1S/C25H15N5/c1-2-6-17-16(5-1)23(21-9-11-26-14-29-21)19-13-28-20-8-4-3-7-18(20)24(19)25(17)22-10-12-27-15-30-22/h1-15H. The fraction of sp³-hybridized carbons (Fsp3) is 0. The van der Waals surface area contributed by atoms with Crippen LogP contribution in [0, 0.1) is 0 Å². The Morgan fingerprint density at radius 3 is 1.77 bits per heavy atom. The number of hydrogen-bond donors (Lipinski definition) is 0. The van der Waals surface area contributed by atoms with Gasteiger partial charge in [-0.05, 0) is 29.0 Å². The van der Waals surface area contributed by atoms with Crippen LogP contribution >= 0.6 is 0 Å². The maximum absolute atomic E-state index is 4.76. The van der Waals surface area contributed by atoms with Crippen LogP contribution in [0.1, 0.15) is 0 Å². The highest BCUT2D eigenvalue weighted by atomic mass is 14.8. The van der Waals surface area contributed by atoms with Crippen molar-refractivity contribution in [2.75, 3.05) is 0 Å². The lowest BCUT2D eigenvalue weighted by molar-refractivity contribution is 1.17. The molecule has 0 N–H and O–H groups in total. The molecule has 0 aliphatic rings. The van der Waals surface area contributed by atoms with Gasteiger partial charge in [-0.2, -0.15) is 0 Å². The SMILES string of the molecule is c1ccc2c(c1)ncc1c(-c3ccncn3)c3ccccc3c(-c3ccncn3)c12. The zero-order valence-electron chi connectivity index (χ0n) is 15.9. The number of fused-ring (bicyclic) bond motifs is 4. The van der Waals surface area contributed by atoms with Gasteiger partial charge in [0.1, 0.15) is 12.7 Å². The number of rotatable bonds is 2. The quantitative estimate of drug-likeness (QED) is 0.293.